The summed E-state index contributed by atoms with van der Waals surface area (Å²) in [5, 5.41) is 0. The molecule has 1 N–H and O–H groups in total. The van der Waals surface area contributed by atoms with Gasteiger partial charge in [-0.2, -0.15) is 4.72 Å². The van der Waals surface area contributed by atoms with E-state index < -0.39 is 16.1 Å². The Morgan fingerprint density at radius 2 is 1.72 bits per heavy atom. The molecule has 0 unspecified atom stereocenters. The molecule has 2 amide bonds. The average molecular weight is 512 g/mol. The van der Waals surface area contributed by atoms with Crippen LogP contribution in [0.5, 0.6) is 0 Å². The van der Waals surface area contributed by atoms with Crippen LogP contribution in [0.1, 0.15) is 51.2 Å². The first-order valence-electron chi connectivity index (χ1n) is 12.9. The fourth-order valence-electron chi connectivity index (χ4n) is 5.32. The van der Waals surface area contributed by atoms with E-state index in [0.717, 1.165) is 30.5 Å². The van der Waals surface area contributed by atoms with Crippen molar-refractivity contribution in [2.75, 3.05) is 24.5 Å². The molecule has 1 fully saturated rings. The van der Waals surface area contributed by atoms with Crippen molar-refractivity contribution in [1.29, 1.82) is 0 Å². The second-order valence-corrected chi connectivity index (χ2v) is 12.2. The van der Waals surface area contributed by atoms with Crippen molar-refractivity contribution in [1.82, 2.24) is 9.62 Å². The molecule has 0 spiro atoms. The zero-order valence-electron chi connectivity index (χ0n) is 21.4. The number of fused-ring (bicyclic) bond motifs is 1. The molecule has 0 aromatic heterocycles. The number of hydrogen-bond acceptors (Lipinski definition) is 4. The summed E-state index contributed by atoms with van der Waals surface area (Å²) in [5.74, 6) is 0.478. The second-order valence-electron chi connectivity index (χ2n) is 10.5. The zero-order chi connectivity index (χ0) is 25.9. The van der Waals surface area contributed by atoms with Crippen molar-refractivity contribution in [3.8, 4) is 0 Å². The standard InChI is InChI=1S/C28H37N3O4S/c1-20(2)17-26(28(33)30-14-11-23(12-15-30)18-22-7-5-4-6-8-22)29-36(34,35)25-9-10-27-24(19-25)13-16-31(27)21(3)32/h4-10,19-20,23,26,29H,11-18H2,1-3H3/t26-/m1/s1. The highest BCUT2D eigenvalue weighted by Crippen LogP contribution is 2.30. The summed E-state index contributed by atoms with van der Waals surface area (Å²) in [4.78, 5) is 28.9. The summed E-state index contributed by atoms with van der Waals surface area (Å²) in [6.45, 7) is 7.34. The first kappa shape index (κ1) is 26.4. The molecule has 194 valence electrons. The molecule has 0 bridgehead atoms. The molecular formula is C28H37N3O4S. The molecule has 2 aromatic rings. The summed E-state index contributed by atoms with van der Waals surface area (Å²) in [6.07, 6.45) is 3.89. The van der Waals surface area contributed by atoms with Gasteiger partial charge >= 0.3 is 0 Å². The minimum Gasteiger partial charge on any atom is -0.341 e. The fourth-order valence-corrected chi connectivity index (χ4v) is 6.58. The molecule has 2 heterocycles. The monoisotopic (exact) mass is 511 g/mol. The molecule has 4 rings (SSSR count). The van der Waals surface area contributed by atoms with E-state index in [1.165, 1.54) is 18.6 Å². The van der Waals surface area contributed by atoms with Crippen molar-refractivity contribution in [2.24, 2.45) is 11.8 Å². The SMILES string of the molecule is CC(=O)N1CCc2cc(S(=O)(=O)N[C@H](CC(C)C)C(=O)N3CCC(Cc4ccccc4)CC3)ccc21. The number of rotatable bonds is 8. The molecular weight excluding hydrogens is 474 g/mol. The van der Waals surface area contributed by atoms with Crippen LogP contribution in [0.15, 0.2) is 53.4 Å². The van der Waals surface area contributed by atoms with Gasteiger partial charge in [0.05, 0.1) is 4.90 Å². The van der Waals surface area contributed by atoms with Crippen LogP contribution >= 0.6 is 0 Å². The molecule has 8 heteroatoms. The zero-order valence-corrected chi connectivity index (χ0v) is 22.3. The molecule has 7 nitrogen and oxygen atoms in total. The van der Waals surface area contributed by atoms with E-state index in [9.17, 15) is 18.0 Å². The van der Waals surface area contributed by atoms with Gasteiger partial charge in [-0.3, -0.25) is 9.59 Å². The van der Waals surface area contributed by atoms with Crippen molar-refractivity contribution in [3.05, 3.63) is 59.7 Å². The van der Waals surface area contributed by atoms with Crippen LogP contribution in [-0.2, 0) is 32.5 Å². The van der Waals surface area contributed by atoms with Crippen molar-refractivity contribution < 1.29 is 18.0 Å². The topological polar surface area (TPSA) is 86.8 Å². The maximum atomic E-state index is 13.5. The predicted octanol–water partition coefficient (Wildman–Crippen LogP) is 3.77. The maximum Gasteiger partial charge on any atom is 0.241 e. The van der Waals surface area contributed by atoms with Gasteiger partial charge in [-0.15, -0.1) is 0 Å². The Hall–Kier alpha value is -2.71. The molecule has 36 heavy (non-hydrogen) atoms. The molecule has 0 radical (unpaired) electrons. The van der Waals surface area contributed by atoms with Gasteiger partial charge in [0.25, 0.3) is 0 Å². The molecule has 2 aromatic carbocycles. The van der Waals surface area contributed by atoms with Gasteiger partial charge < -0.3 is 9.80 Å². The minimum absolute atomic E-state index is 0.0578. The largest absolute Gasteiger partial charge is 0.341 e. The van der Waals surface area contributed by atoms with Gasteiger partial charge in [-0.05, 0) is 73.3 Å². The number of nitrogens with one attached hydrogen (secondary N) is 1. The van der Waals surface area contributed by atoms with Gasteiger partial charge in [0.1, 0.15) is 6.04 Å². The Balaban J connectivity index is 1.43. The lowest BCUT2D eigenvalue weighted by molar-refractivity contribution is -0.134. The maximum absolute atomic E-state index is 13.5. The van der Waals surface area contributed by atoms with Crippen LogP contribution in [0, 0.1) is 11.8 Å². The van der Waals surface area contributed by atoms with Gasteiger partial charge in [0.2, 0.25) is 21.8 Å². The molecule has 1 saturated heterocycles. The molecule has 2 aliphatic heterocycles. The van der Waals surface area contributed by atoms with Gasteiger partial charge in [-0.1, -0.05) is 44.2 Å². The highest BCUT2D eigenvalue weighted by atomic mass is 32.2. The van der Waals surface area contributed by atoms with E-state index in [4.69, 9.17) is 0 Å². The summed E-state index contributed by atoms with van der Waals surface area (Å²) < 4.78 is 29.4. The Kier molecular flexibility index (Phi) is 8.15. The smallest absolute Gasteiger partial charge is 0.241 e. The minimum atomic E-state index is -3.90. The first-order chi connectivity index (χ1) is 17.1. The van der Waals surface area contributed by atoms with Crippen molar-refractivity contribution >= 4 is 27.5 Å². The number of hydrogen-bond donors (Lipinski definition) is 1. The number of benzene rings is 2. The quantitative estimate of drug-likeness (QED) is 0.585. The molecule has 0 saturated carbocycles. The average Bonchev–Trinajstić information content (AvgIpc) is 3.28. The van der Waals surface area contributed by atoms with Gasteiger partial charge in [0, 0.05) is 32.2 Å². The Morgan fingerprint density at radius 1 is 1.03 bits per heavy atom. The van der Waals surface area contributed by atoms with E-state index in [1.54, 1.807) is 17.0 Å². The van der Waals surface area contributed by atoms with Gasteiger partial charge in [0.15, 0.2) is 0 Å². The third kappa shape index (κ3) is 6.16. The summed E-state index contributed by atoms with van der Waals surface area (Å²) in [7, 11) is -3.90. The molecule has 1 atom stereocenters. The Labute approximate surface area is 214 Å². The van der Waals surface area contributed by atoms with Crippen LogP contribution in [0.4, 0.5) is 5.69 Å². The van der Waals surface area contributed by atoms with E-state index in [2.05, 4.69) is 29.0 Å². The number of carbonyl (C=O) groups excluding carboxylic acids is 2. The normalized spacial score (nSPS) is 17.3. The number of nitrogens with zero attached hydrogens (tertiary/aromatic N) is 2. The van der Waals surface area contributed by atoms with Gasteiger partial charge in [-0.25, -0.2) is 8.42 Å². The van der Waals surface area contributed by atoms with Crippen LogP contribution in [0.2, 0.25) is 0 Å². The van der Waals surface area contributed by atoms with Crippen molar-refractivity contribution in [2.45, 2.75) is 63.8 Å². The highest BCUT2D eigenvalue weighted by Gasteiger charge is 2.33. The van der Waals surface area contributed by atoms with Crippen LogP contribution in [-0.4, -0.2) is 50.8 Å². The number of likely N-dealkylation sites (tertiary alicyclic amines) is 1. The van der Waals surface area contributed by atoms with Crippen LogP contribution in [0.25, 0.3) is 0 Å². The first-order valence-corrected chi connectivity index (χ1v) is 14.4. The van der Waals surface area contributed by atoms with E-state index in [-0.39, 0.29) is 22.6 Å². The summed E-state index contributed by atoms with van der Waals surface area (Å²) >= 11 is 0. The van der Waals surface area contributed by atoms with E-state index in [0.29, 0.717) is 38.4 Å². The summed E-state index contributed by atoms with van der Waals surface area (Å²) in [6, 6.07) is 14.4. The Bertz CT molecular complexity index is 1190. The number of anilines is 1. The third-order valence-corrected chi connectivity index (χ3v) is 8.70. The Morgan fingerprint density at radius 3 is 2.36 bits per heavy atom. The molecule has 2 aliphatic rings. The number of sulfonamides is 1. The highest BCUT2D eigenvalue weighted by molar-refractivity contribution is 7.89. The lowest BCUT2D eigenvalue weighted by Gasteiger charge is -2.35. The third-order valence-electron chi connectivity index (χ3n) is 7.23. The number of carbonyl (C=O) groups is 2. The van der Waals surface area contributed by atoms with Crippen LogP contribution < -0.4 is 9.62 Å². The van der Waals surface area contributed by atoms with E-state index >= 15 is 0 Å². The number of amides is 2. The van der Waals surface area contributed by atoms with Crippen molar-refractivity contribution in [3.63, 3.8) is 0 Å². The second kappa shape index (κ2) is 11.1. The van der Waals surface area contributed by atoms with E-state index in [1.807, 2.05) is 24.8 Å². The molecule has 0 aliphatic carbocycles. The lowest BCUT2D eigenvalue weighted by Crippen LogP contribution is -2.51. The summed E-state index contributed by atoms with van der Waals surface area (Å²) in [5.41, 5.74) is 2.91. The van der Waals surface area contributed by atoms with Crippen LogP contribution in [0.3, 0.4) is 0 Å². The fraction of sp³-hybridized carbons (Fsp3) is 0.500. The lowest BCUT2D eigenvalue weighted by atomic mass is 9.90. The predicted molar refractivity (Wildman–Crippen MR) is 141 cm³/mol. The number of piperidine rings is 1.